The molecule has 1 aromatic rings. The standard InChI is InChI=1S/C10H13ClF3N3O2/c1-17(4-6(18)5-19-2)8-3-7(11)15-9(16-8)10(12,13)14/h3,6,18H,4-5H2,1-2H3. The van der Waals surface area contributed by atoms with Gasteiger partial charge in [0.05, 0.1) is 12.7 Å². The van der Waals surface area contributed by atoms with E-state index in [2.05, 4.69) is 9.97 Å². The van der Waals surface area contributed by atoms with Gasteiger partial charge in [-0.15, -0.1) is 0 Å². The normalized spacial score (nSPS) is 13.4. The molecule has 0 aliphatic rings. The maximum Gasteiger partial charge on any atom is 0.451 e. The molecule has 0 radical (unpaired) electrons. The van der Waals surface area contributed by atoms with Gasteiger partial charge in [-0.2, -0.15) is 13.2 Å². The maximum atomic E-state index is 12.5. The smallest absolute Gasteiger partial charge is 0.389 e. The van der Waals surface area contributed by atoms with Crippen LogP contribution in [-0.4, -0.2) is 48.5 Å². The van der Waals surface area contributed by atoms with E-state index < -0.39 is 18.1 Å². The summed E-state index contributed by atoms with van der Waals surface area (Å²) >= 11 is 5.53. The number of aromatic nitrogens is 2. The van der Waals surface area contributed by atoms with Crippen molar-refractivity contribution in [2.24, 2.45) is 0 Å². The lowest BCUT2D eigenvalue weighted by Gasteiger charge is -2.22. The van der Waals surface area contributed by atoms with Crippen LogP contribution in [0.15, 0.2) is 6.07 Å². The number of halogens is 4. The Labute approximate surface area is 113 Å². The lowest BCUT2D eigenvalue weighted by molar-refractivity contribution is -0.144. The number of likely N-dealkylation sites (N-methyl/N-ethyl adjacent to an activating group) is 1. The van der Waals surface area contributed by atoms with Gasteiger partial charge in [0.25, 0.3) is 0 Å². The monoisotopic (exact) mass is 299 g/mol. The molecule has 0 spiro atoms. The van der Waals surface area contributed by atoms with Crippen LogP contribution in [0.4, 0.5) is 19.0 Å². The second-order valence-corrected chi connectivity index (χ2v) is 4.25. The quantitative estimate of drug-likeness (QED) is 0.837. The summed E-state index contributed by atoms with van der Waals surface area (Å²) in [6.45, 7) is 0.119. The SMILES string of the molecule is COCC(O)CN(C)c1cc(Cl)nc(C(F)(F)F)n1. The minimum Gasteiger partial charge on any atom is -0.389 e. The fourth-order valence-corrected chi connectivity index (χ4v) is 1.56. The number of ether oxygens (including phenoxy) is 1. The van der Waals surface area contributed by atoms with Crippen molar-refractivity contribution >= 4 is 17.4 Å². The molecular formula is C10H13ClF3N3O2. The van der Waals surface area contributed by atoms with Crippen molar-refractivity contribution in [3.63, 3.8) is 0 Å². The van der Waals surface area contributed by atoms with Crippen LogP contribution in [0.3, 0.4) is 0 Å². The average molecular weight is 300 g/mol. The maximum absolute atomic E-state index is 12.5. The molecule has 108 valence electrons. The van der Waals surface area contributed by atoms with Gasteiger partial charge in [0.15, 0.2) is 0 Å². The Hall–Kier alpha value is -1.12. The lowest BCUT2D eigenvalue weighted by atomic mass is 10.3. The molecule has 1 atom stereocenters. The Morgan fingerprint density at radius 3 is 2.63 bits per heavy atom. The first kappa shape index (κ1) is 15.9. The van der Waals surface area contributed by atoms with Gasteiger partial charge in [0.2, 0.25) is 5.82 Å². The first-order valence-electron chi connectivity index (χ1n) is 5.24. The van der Waals surface area contributed by atoms with E-state index >= 15 is 0 Å². The number of aliphatic hydroxyl groups is 1. The molecular weight excluding hydrogens is 287 g/mol. The van der Waals surface area contributed by atoms with Crippen LogP contribution in [0.2, 0.25) is 5.15 Å². The van der Waals surface area contributed by atoms with Gasteiger partial charge in [0, 0.05) is 26.8 Å². The Morgan fingerprint density at radius 2 is 2.11 bits per heavy atom. The van der Waals surface area contributed by atoms with E-state index in [1.54, 1.807) is 0 Å². The second kappa shape index (κ2) is 6.36. The van der Waals surface area contributed by atoms with Crippen molar-refractivity contribution in [3.8, 4) is 0 Å². The van der Waals surface area contributed by atoms with Crippen molar-refractivity contribution in [1.82, 2.24) is 9.97 Å². The van der Waals surface area contributed by atoms with E-state index in [9.17, 15) is 18.3 Å². The van der Waals surface area contributed by atoms with Crippen LogP contribution in [0.25, 0.3) is 0 Å². The zero-order chi connectivity index (χ0) is 14.6. The molecule has 0 amide bonds. The average Bonchev–Trinajstić information content (AvgIpc) is 2.27. The molecule has 0 saturated carbocycles. The van der Waals surface area contributed by atoms with Crippen LogP contribution in [0, 0.1) is 0 Å². The van der Waals surface area contributed by atoms with E-state index in [0.717, 1.165) is 0 Å². The molecule has 9 heteroatoms. The van der Waals surface area contributed by atoms with Crippen LogP contribution in [0.5, 0.6) is 0 Å². The number of nitrogens with zero attached hydrogens (tertiary/aromatic N) is 3. The summed E-state index contributed by atoms with van der Waals surface area (Å²) in [7, 11) is 2.89. The van der Waals surface area contributed by atoms with E-state index in [4.69, 9.17) is 16.3 Å². The zero-order valence-electron chi connectivity index (χ0n) is 10.3. The van der Waals surface area contributed by atoms with Gasteiger partial charge in [0.1, 0.15) is 11.0 Å². The van der Waals surface area contributed by atoms with Crippen molar-refractivity contribution < 1.29 is 23.0 Å². The summed E-state index contributed by atoms with van der Waals surface area (Å²) in [6, 6.07) is 1.19. The summed E-state index contributed by atoms with van der Waals surface area (Å²) in [5.41, 5.74) is 0. The number of hydrogen-bond donors (Lipinski definition) is 1. The molecule has 0 saturated heterocycles. The van der Waals surface area contributed by atoms with Crippen LogP contribution in [0.1, 0.15) is 5.82 Å². The topological polar surface area (TPSA) is 58.5 Å². The van der Waals surface area contributed by atoms with Crippen LogP contribution in [-0.2, 0) is 10.9 Å². The molecule has 0 aliphatic carbocycles. The first-order valence-corrected chi connectivity index (χ1v) is 5.61. The number of alkyl halides is 3. The van der Waals surface area contributed by atoms with E-state index in [0.29, 0.717) is 0 Å². The largest absolute Gasteiger partial charge is 0.451 e. The third-order valence-electron chi connectivity index (χ3n) is 2.17. The summed E-state index contributed by atoms with van der Waals surface area (Å²) < 4.78 is 42.3. The third kappa shape index (κ3) is 4.81. The third-order valence-corrected chi connectivity index (χ3v) is 2.36. The highest BCUT2D eigenvalue weighted by Crippen LogP contribution is 2.28. The Morgan fingerprint density at radius 1 is 1.47 bits per heavy atom. The van der Waals surface area contributed by atoms with Crippen molar-refractivity contribution in [2.75, 3.05) is 32.2 Å². The Balaban J connectivity index is 2.91. The summed E-state index contributed by atoms with van der Waals surface area (Å²) in [4.78, 5) is 7.83. The van der Waals surface area contributed by atoms with Gasteiger partial charge in [-0.1, -0.05) is 11.6 Å². The molecule has 19 heavy (non-hydrogen) atoms. The molecule has 1 rings (SSSR count). The number of anilines is 1. The van der Waals surface area contributed by atoms with Gasteiger partial charge in [-0.3, -0.25) is 0 Å². The minimum atomic E-state index is -4.67. The van der Waals surface area contributed by atoms with Gasteiger partial charge in [-0.25, -0.2) is 9.97 Å². The van der Waals surface area contributed by atoms with Crippen molar-refractivity contribution in [3.05, 3.63) is 17.0 Å². The molecule has 0 aromatic carbocycles. The van der Waals surface area contributed by atoms with Gasteiger partial charge < -0.3 is 14.7 Å². The number of hydrogen-bond acceptors (Lipinski definition) is 5. The molecule has 5 nitrogen and oxygen atoms in total. The highest BCUT2D eigenvalue weighted by molar-refractivity contribution is 6.29. The predicted octanol–water partition coefficient (Wildman–Crippen LogP) is 1.59. The number of rotatable bonds is 5. The van der Waals surface area contributed by atoms with Gasteiger partial charge in [-0.05, 0) is 0 Å². The predicted molar refractivity (Wildman–Crippen MR) is 63.2 cm³/mol. The summed E-state index contributed by atoms with van der Waals surface area (Å²) in [5, 5.41) is 9.20. The fourth-order valence-electron chi connectivity index (χ4n) is 1.38. The van der Waals surface area contributed by atoms with Crippen molar-refractivity contribution in [1.29, 1.82) is 0 Å². The summed E-state index contributed by atoms with van der Waals surface area (Å²) in [6.07, 6.45) is -5.52. The highest BCUT2D eigenvalue weighted by atomic mass is 35.5. The first-order chi connectivity index (χ1) is 8.74. The molecule has 1 N–H and O–H groups in total. The fraction of sp³-hybridized carbons (Fsp3) is 0.600. The van der Waals surface area contributed by atoms with E-state index in [1.165, 1.54) is 25.1 Å². The molecule has 1 aromatic heterocycles. The molecule has 1 unspecified atom stereocenters. The second-order valence-electron chi connectivity index (χ2n) is 3.86. The van der Waals surface area contributed by atoms with E-state index in [-0.39, 0.29) is 24.1 Å². The van der Waals surface area contributed by atoms with Gasteiger partial charge >= 0.3 is 6.18 Å². The highest BCUT2D eigenvalue weighted by Gasteiger charge is 2.35. The van der Waals surface area contributed by atoms with E-state index in [1.807, 2.05) is 0 Å². The molecule has 0 fully saturated rings. The Bertz CT molecular complexity index is 431. The lowest BCUT2D eigenvalue weighted by Crippen LogP contribution is -2.32. The summed E-state index contributed by atoms with van der Waals surface area (Å²) in [5.74, 6) is -1.34. The Kier molecular flexibility index (Phi) is 5.33. The number of aliphatic hydroxyl groups excluding tert-OH is 1. The zero-order valence-corrected chi connectivity index (χ0v) is 11.0. The molecule has 0 aliphatic heterocycles. The van der Waals surface area contributed by atoms with Crippen LogP contribution >= 0.6 is 11.6 Å². The number of methoxy groups -OCH3 is 1. The van der Waals surface area contributed by atoms with Crippen LogP contribution < -0.4 is 4.90 Å². The minimum absolute atomic E-state index is 0.0255. The molecule has 0 bridgehead atoms. The van der Waals surface area contributed by atoms with Crippen molar-refractivity contribution in [2.45, 2.75) is 12.3 Å². The molecule has 1 heterocycles.